The van der Waals surface area contributed by atoms with Crippen molar-refractivity contribution in [2.75, 3.05) is 18.0 Å². The molecule has 3 heterocycles. The molecule has 7 heteroatoms. The van der Waals surface area contributed by atoms with Gasteiger partial charge in [-0.3, -0.25) is 9.20 Å². The highest BCUT2D eigenvalue weighted by atomic mass is 32.2. The topological polar surface area (TPSA) is 62.5 Å². The van der Waals surface area contributed by atoms with Crippen LogP contribution in [0.1, 0.15) is 12.2 Å². The summed E-state index contributed by atoms with van der Waals surface area (Å²) in [6, 6.07) is 22.5. The smallest absolute Gasteiger partial charge is 0.221 e. The molecule has 150 valence electrons. The van der Waals surface area contributed by atoms with Crippen LogP contribution in [0.4, 0.5) is 11.4 Å². The standard InChI is InChI=1S/C23H21N5OS/c29-23(24-14-12-22-26-25-21-11-5-6-15-28(21)22)13-16-27-17-7-1-3-9-19(17)30-20-10-4-2-8-18(20)27/h1-11,15H,12-14,16H2,(H,24,29). The number of amides is 1. The molecule has 0 fully saturated rings. The van der Waals surface area contributed by atoms with Crippen molar-refractivity contribution in [1.29, 1.82) is 0 Å². The first-order valence-electron chi connectivity index (χ1n) is 9.98. The van der Waals surface area contributed by atoms with Crippen LogP contribution in [0.25, 0.3) is 5.65 Å². The van der Waals surface area contributed by atoms with Crippen molar-refractivity contribution in [3.63, 3.8) is 0 Å². The summed E-state index contributed by atoms with van der Waals surface area (Å²) < 4.78 is 1.95. The second kappa shape index (κ2) is 8.20. The summed E-state index contributed by atoms with van der Waals surface area (Å²) in [4.78, 5) is 17.2. The van der Waals surface area contributed by atoms with Gasteiger partial charge in [0.05, 0.1) is 11.4 Å². The van der Waals surface area contributed by atoms with Gasteiger partial charge in [0.25, 0.3) is 0 Å². The third-order valence-corrected chi connectivity index (χ3v) is 6.28. The fourth-order valence-electron chi connectivity index (χ4n) is 3.70. The fraction of sp³-hybridized carbons (Fsp3) is 0.174. The van der Waals surface area contributed by atoms with Crippen LogP contribution < -0.4 is 10.2 Å². The largest absolute Gasteiger partial charge is 0.356 e. The van der Waals surface area contributed by atoms with Crippen LogP contribution in [0, 0.1) is 0 Å². The summed E-state index contributed by atoms with van der Waals surface area (Å²) in [6.07, 6.45) is 3.01. The van der Waals surface area contributed by atoms with Crippen molar-refractivity contribution in [3.8, 4) is 0 Å². The first-order valence-corrected chi connectivity index (χ1v) is 10.8. The van der Waals surface area contributed by atoms with Crippen molar-refractivity contribution >= 4 is 34.7 Å². The number of nitrogens with zero attached hydrogens (tertiary/aromatic N) is 4. The van der Waals surface area contributed by atoms with Crippen LogP contribution in [0.15, 0.2) is 82.7 Å². The van der Waals surface area contributed by atoms with Gasteiger partial charge in [0.2, 0.25) is 5.91 Å². The molecule has 4 aromatic rings. The van der Waals surface area contributed by atoms with Crippen LogP contribution in [0.2, 0.25) is 0 Å². The van der Waals surface area contributed by atoms with E-state index in [1.54, 1.807) is 11.8 Å². The summed E-state index contributed by atoms with van der Waals surface area (Å²) in [5, 5.41) is 11.4. The Balaban J connectivity index is 1.22. The third kappa shape index (κ3) is 3.64. The zero-order valence-electron chi connectivity index (χ0n) is 16.4. The molecule has 30 heavy (non-hydrogen) atoms. The summed E-state index contributed by atoms with van der Waals surface area (Å²) in [7, 11) is 0. The number of para-hydroxylation sites is 2. The van der Waals surface area contributed by atoms with E-state index in [2.05, 4.69) is 56.8 Å². The monoisotopic (exact) mass is 415 g/mol. The normalized spacial score (nSPS) is 12.5. The second-order valence-corrected chi connectivity index (χ2v) is 8.17. The van der Waals surface area contributed by atoms with Gasteiger partial charge in [-0.15, -0.1) is 10.2 Å². The molecule has 2 aromatic heterocycles. The Labute approximate surface area is 178 Å². The Kier molecular flexibility index (Phi) is 5.11. The molecule has 0 radical (unpaired) electrons. The third-order valence-electron chi connectivity index (χ3n) is 5.15. The van der Waals surface area contributed by atoms with E-state index in [0.717, 1.165) is 22.8 Å². The predicted octanol–water partition coefficient (Wildman–Crippen LogP) is 4.08. The van der Waals surface area contributed by atoms with E-state index in [1.165, 1.54) is 9.79 Å². The molecule has 0 aliphatic carbocycles. The number of aromatic nitrogens is 3. The van der Waals surface area contributed by atoms with Gasteiger partial charge < -0.3 is 10.2 Å². The summed E-state index contributed by atoms with van der Waals surface area (Å²) >= 11 is 1.78. The van der Waals surface area contributed by atoms with E-state index in [4.69, 9.17) is 0 Å². The van der Waals surface area contributed by atoms with Gasteiger partial charge in [-0.2, -0.15) is 0 Å². The molecule has 1 aliphatic rings. The zero-order valence-corrected chi connectivity index (χ0v) is 17.2. The van der Waals surface area contributed by atoms with Crippen molar-refractivity contribution in [2.24, 2.45) is 0 Å². The average molecular weight is 416 g/mol. The molecule has 1 N–H and O–H groups in total. The Morgan fingerprint density at radius 2 is 1.60 bits per heavy atom. The maximum atomic E-state index is 12.5. The molecular formula is C23H21N5OS. The minimum Gasteiger partial charge on any atom is -0.356 e. The first-order chi connectivity index (χ1) is 14.8. The second-order valence-electron chi connectivity index (χ2n) is 7.08. The Morgan fingerprint density at radius 1 is 0.900 bits per heavy atom. The van der Waals surface area contributed by atoms with Gasteiger partial charge in [0.15, 0.2) is 5.65 Å². The number of benzene rings is 2. The lowest BCUT2D eigenvalue weighted by molar-refractivity contribution is -0.120. The first kappa shape index (κ1) is 18.7. The minimum atomic E-state index is 0.0389. The van der Waals surface area contributed by atoms with Gasteiger partial charge in [0, 0.05) is 41.9 Å². The maximum Gasteiger partial charge on any atom is 0.221 e. The highest BCUT2D eigenvalue weighted by molar-refractivity contribution is 7.99. The molecule has 1 aliphatic heterocycles. The molecule has 5 rings (SSSR count). The van der Waals surface area contributed by atoms with Gasteiger partial charge in [-0.25, -0.2) is 0 Å². The fourth-order valence-corrected chi connectivity index (χ4v) is 4.79. The Morgan fingerprint density at radius 3 is 2.37 bits per heavy atom. The van der Waals surface area contributed by atoms with Crippen molar-refractivity contribution in [2.45, 2.75) is 22.6 Å². The molecule has 0 saturated carbocycles. The van der Waals surface area contributed by atoms with Gasteiger partial charge >= 0.3 is 0 Å². The summed E-state index contributed by atoms with van der Waals surface area (Å²) in [5.41, 5.74) is 3.13. The zero-order chi connectivity index (χ0) is 20.3. The SMILES string of the molecule is O=C(CCN1c2ccccc2Sc2ccccc21)NCCc1nnc2ccccn12. The molecule has 0 bridgehead atoms. The summed E-state index contributed by atoms with van der Waals surface area (Å²) in [6.45, 7) is 1.17. The number of rotatable bonds is 6. The van der Waals surface area contributed by atoms with Crippen LogP contribution in [0.5, 0.6) is 0 Å². The molecule has 6 nitrogen and oxygen atoms in total. The van der Waals surface area contributed by atoms with Crippen LogP contribution in [-0.4, -0.2) is 33.6 Å². The van der Waals surface area contributed by atoms with Crippen molar-refractivity contribution in [1.82, 2.24) is 19.9 Å². The number of carbonyl (C=O) groups is 1. The number of nitrogens with one attached hydrogen (secondary N) is 1. The van der Waals surface area contributed by atoms with Crippen LogP contribution >= 0.6 is 11.8 Å². The number of anilines is 2. The van der Waals surface area contributed by atoms with Gasteiger partial charge in [-0.1, -0.05) is 42.1 Å². The lowest BCUT2D eigenvalue weighted by Crippen LogP contribution is -2.31. The number of pyridine rings is 1. The van der Waals surface area contributed by atoms with E-state index in [9.17, 15) is 4.79 Å². The molecule has 0 spiro atoms. The molecular weight excluding hydrogens is 394 g/mol. The van der Waals surface area contributed by atoms with Crippen molar-refractivity contribution in [3.05, 3.63) is 78.8 Å². The quantitative estimate of drug-likeness (QED) is 0.514. The lowest BCUT2D eigenvalue weighted by atomic mass is 10.2. The molecule has 0 saturated heterocycles. The van der Waals surface area contributed by atoms with Crippen LogP contribution in [-0.2, 0) is 11.2 Å². The summed E-state index contributed by atoms with van der Waals surface area (Å²) in [5.74, 6) is 0.888. The Hall–Kier alpha value is -3.32. The van der Waals surface area contributed by atoms with E-state index >= 15 is 0 Å². The molecule has 0 unspecified atom stereocenters. The predicted molar refractivity (Wildman–Crippen MR) is 118 cm³/mol. The number of hydrogen-bond acceptors (Lipinski definition) is 5. The van der Waals surface area contributed by atoms with E-state index in [1.807, 2.05) is 40.9 Å². The maximum absolute atomic E-state index is 12.5. The van der Waals surface area contributed by atoms with E-state index < -0.39 is 0 Å². The number of fused-ring (bicyclic) bond motifs is 3. The van der Waals surface area contributed by atoms with E-state index in [0.29, 0.717) is 25.9 Å². The lowest BCUT2D eigenvalue weighted by Gasteiger charge is -2.32. The highest BCUT2D eigenvalue weighted by Gasteiger charge is 2.23. The van der Waals surface area contributed by atoms with Crippen LogP contribution in [0.3, 0.4) is 0 Å². The van der Waals surface area contributed by atoms with Crippen molar-refractivity contribution < 1.29 is 4.79 Å². The van der Waals surface area contributed by atoms with E-state index in [-0.39, 0.29) is 5.91 Å². The Bertz CT molecular complexity index is 1160. The molecule has 1 amide bonds. The molecule has 0 atom stereocenters. The minimum absolute atomic E-state index is 0.0389. The van der Waals surface area contributed by atoms with Gasteiger partial charge in [0.1, 0.15) is 5.82 Å². The van der Waals surface area contributed by atoms with Gasteiger partial charge in [-0.05, 0) is 36.4 Å². The number of carbonyl (C=O) groups excluding carboxylic acids is 1. The highest BCUT2D eigenvalue weighted by Crippen LogP contribution is 2.47. The average Bonchev–Trinajstić information content (AvgIpc) is 3.20. The number of hydrogen-bond donors (Lipinski definition) is 1. The molecule has 2 aromatic carbocycles.